The first-order valence-electron chi connectivity index (χ1n) is 5.02. The molecule has 1 aromatic heterocycles. The van der Waals surface area contributed by atoms with Gasteiger partial charge in [-0.05, 0) is 24.1 Å². The summed E-state index contributed by atoms with van der Waals surface area (Å²) < 4.78 is 18.4. The van der Waals surface area contributed by atoms with Gasteiger partial charge in [-0.3, -0.25) is 0 Å². The van der Waals surface area contributed by atoms with E-state index in [1.807, 2.05) is 19.9 Å². The van der Waals surface area contributed by atoms with Crippen molar-refractivity contribution in [2.75, 3.05) is 0 Å². The summed E-state index contributed by atoms with van der Waals surface area (Å²) in [6.07, 6.45) is 0. The van der Waals surface area contributed by atoms with E-state index in [0.29, 0.717) is 17.3 Å². The van der Waals surface area contributed by atoms with Crippen molar-refractivity contribution < 1.29 is 8.81 Å². The Balaban J connectivity index is 2.47. The fourth-order valence-corrected chi connectivity index (χ4v) is 1.52. The van der Waals surface area contributed by atoms with Gasteiger partial charge in [0, 0.05) is 11.5 Å². The second kappa shape index (κ2) is 3.66. The Morgan fingerprint density at radius 1 is 1.27 bits per heavy atom. The lowest BCUT2D eigenvalue weighted by molar-refractivity contribution is 0.418. The van der Waals surface area contributed by atoms with E-state index in [4.69, 9.17) is 10.2 Å². The zero-order valence-electron chi connectivity index (χ0n) is 8.83. The molecular weight excluding hydrogens is 193 g/mol. The van der Waals surface area contributed by atoms with Crippen LogP contribution in [0.2, 0.25) is 0 Å². The monoisotopic (exact) mass is 207 g/mol. The highest BCUT2D eigenvalue weighted by Gasteiger charge is 2.15. The first-order valence-corrected chi connectivity index (χ1v) is 5.02. The van der Waals surface area contributed by atoms with Crippen molar-refractivity contribution in [1.82, 2.24) is 0 Å². The van der Waals surface area contributed by atoms with Gasteiger partial charge in [-0.1, -0.05) is 13.8 Å². The standard InChI is InChI=1S/C12H14FNO/c1-7(2)12(14)11-5-8-3-4-9(13)6-10(8)15-11/h3-7,12H,14H2,1-2H3. The third-order valence-electron chi connectivity index (χ3n) is 2.55. The molecular formula is C12H14FNO. The Hall–Kier alpha value is -1.35. The van der Waals surface area contributed by atoms with E-state index in [9.17, 15) is 4.39 Å². The van der Waals surface area contributed by atoms with Crippen LogP contribution in [0.5, 0.6) is 0 Å². The van der Waals surface area contributed by atoms with E-state index in [-0.39, 0.29) is 11.9 Å². The minimum Gasteiger partial charge on any atom is -0.459 e. The van der Waals surface area contributed by atoms with Crippen LogP contribution < -0.4 is 5.73 Å². The summed E-state index contributed by atoms with van der Waals surface area (Å²) in [6, 6.07) is 6.24. The fraction of sp³-hybridized carbons (Fsp3) is 0.333. The SMILES string of the molecule is CC(C)C(N)c1cc2ccc(F)cc2o1. The lowest BCUT2D eigenvalue weighted by atomic mass is 10.0. The van der Waals surface area contributed by atoms with Gasteiger partial charge in [-0.15, -0.1) is 0 Å². The molecule has 2 rings (SSSR count). The number of benzene rings is 1. The van der Waals surface area contributed by atoms with Gasteiger partial charge in [-0.25, -0.2) is 4.39 Å². The van der Waals surface area contributed by atoms with Crippen LogP contribution in [0, 0.1) is 11.7 Å². The molecule has 0 aliphatic rings. The third-order valence-corrected chi connectivity index (χ3v) is 2.55. The molecule has 2 N–H and O–H groups in total. The first kappa shape index (κ1) is 10.2. The predicted molar refractivity (Wildman–Crippen MR) is 57.9 cm³/mol. The minimum absolute atomic E-state index is 0.138. The number of fused-ring (bicyclic) bond motifs is 1. The molecule has 0 spiro atoms. The van der Waals surface area contributed by atoms with Gasteiger partial charge in [0.15, 0.2) is 0 Å². The molecule has 1 atom stereocenters. The number of hydrogen-bond acceptors (Lipinski definition) is 2. The summed E-state index contributed by atoms with van der Waals surface area (Å²) in [6.45, 7) is 4.05. The van der Waals surface area contributed by atoms with Gasteiger partial charge in [0.1, 0.15) is 17.2 Å². The molecule has 2 nitrogen and oxygen atoms in total. The Morgan fingerprint density at radius 3 is 2.67 bits per heavy atom. The average molecular weight is 207 g/mol. The molecule has 0 fully saturated rings. The quantitative estimate of drug-likeness (QED) is 0.821. The van der Waals surface area contributed by atoms with Crippen LogP contribution in [0.1, 0.15) is 25.6 Å². The Morgan fingerprint density at radius 2 is 2.00 bits per heavy atom. The smallest absolute Gasteiger partial charge is 0.137 e. The molecule has 1 heterocycles. The number of hydrogen-bond donors (Lipinski definition) is 1. The van der Waals surface area contributed by atoms with Crippen LogP contribution in [0.3, 0.4) is 0 Å². The van der Waals surface area contributed by atoms with Gasteiger partial charge >= 0.3 is 0 Å². The molecule has 1 unspecified atom stereocenters. The number of nitrogens with two attached hydrogens (primary N) is 1. The maximum atomic E-state index is 12.9. The summed E-state index contributed by atoms with van der Waals surface area (Å²) >= 11 is 0. The summed E-state index contributed by atoms with van der Waals surface area (Å²) in [4.78, 5) is 0. The molecule has 0 bridgehead atoms. The molecule has 0 amide bonds. The van der Waals surface area contributed by atoms with Crippen LogP contribution >= 0.6 is 0 Å². The second-order valence-corrected chi connectivity index (χ2v) is 4.10. The predicted octanol–water partition coefficient (Wildman–Crippen LogP) is 3.23. The zero-order chi connectivity index (χ0) is 11.0. The average Bonchev–Trinajstić information content (AvgIpc) is 2.58. The van der Waals surface area contributed by atoms with E-state index < -0.39 is 0 Å². The molecule has 0 radical (unpaired) electrons. The summed E-state index contributed by atoms with van der Waals surface area (Å²) in [5, 5.41) is 0.891. The molecule has 15 heavy (non-hydrogen) atoms. The van der Waals surface area contributed by atoms with Gasteiger partial charge in [0.25, 0.3) is 0 Å². The van der Waals surface area contributed by atoms with Crippen LogP contribution in [-0.4, -0.2) is 0 Å². The highest BCUT2D eigenvalue weighted by Crippen LogP contribution is 2.26. The Labute approximate surface area is 87.9 Å². The number of halogens is 1. The lowest BCUT2D eigenvalue weighted by Crippen LogP contribution is -2.15. The molecule has 1 aromatic carbocycles. The van der Waals surface area contributed by atoms with Crippen LogP contribution in [0.25, 0.3) is 11.0 Å². The maximum Gasteiger partial charge on any atom is 0.137 e. The van der Waals surface area contributed by atoms with Crippen molar-refractivity contribution in [1.29, 1.82) is 0 Å². The van der Waals surface area contributed by atoms with Crippen molar-refractivity contribution in [2.24, 2.45) is 11.7 Å². The van der Waals surface area contributed by atoms with Gasteiger partial charge in [0.2, 0.25) is 0 Å². The van der Waals surface area contributed by atoms with Crippen LogP contribution in [0.4, 0.5) is 4.39 Å². The summed E-state index contributed by atoms with van der Waals surface area (Å²) in [5.41, 5.74) is 6.51. The topological polar surface area (TPSA) is 39.2 Å². The van der Waals surface area contributed by atoms with E-state index in [1.165, 1.54) is 12.1 Å². The van der Waals surface area contributed by atoms with Gasteiger partial charge < -0.3 is 10.2 Å². The molecule has 0 aliphatic carbocycles. The number of rotatable bonds is 2. The number of furan rings is 1. The zero-order valence-corrected chi connectivity index (χ0v) is 8.83. The fourth-order valence-electron chi connectivity index (χ4n) is 1.52. The lowest BCUT2D eigenvalue weighted by Gasteiger charge is -2.11. The van der Waals surface area contributed by atoms with Crippen molar-refractivity contribution in [3.8, 4) is 0 Å². The maximum absolute atomic E-state index is 12.9. The van der Waals surface area contributed by atoms with Crippen molar-refractivity contribution >= 4 is 11.0 Å². The van der Waals surface area contributed by atoms with Crippen molar-refractivity contribution in [3.63, 3.8) is 0 Å². The normalized spacial score (nSPS) is 13.7. The molecule has 0 aliphatic heterocycles. The van der Waals surface area contributed by atoms with Crippen LogP contribution in [-0.2, 0) is 0 Å². The Bertz CT molecular complexity index is 475. The molecule has 3 heteroatoms. The molecule has 0 saturated heterocycles. The largest absolute Gasteiger partial charge is 0.459 e. The molecule has 2 aromatic rings. The first-order chi connectivity index (χ1) is 7.08. The van der Waals surface area contributed by atoms with E-state index >= 15 is 0 Å². The highest BCUT2D eigenvalue weighted by molar-refractivity contribution is 5.77. The third kappa shape index (κ3) is 1.88. The minimum atomic E-state index is -0.290. The van der Waals surface area contributed by atoms with Gasteiger partial charge in [-0.2, -0.15) is 0 Å². The van der Waals surface area contributed by atoms with Crippen LogP contribution in [0.15, 0.2) is 28.7 Å². The van der Waals surface area contributed by atoms with Crippen molar-refractivity contribution in [3.05, 3.63) is 35.8 Å². The van der Waals surface area contributed by atoms with E-state index in [1.54, 1.807) is 6.07 Å². The summed E-state index contributed by atoms with van der Waals surface area (Å²) in [5.74, 6) is 0.725. The highest BCUT2D eigenvalue weighted by atomic mass is 19.1. The Kier molecular flexibility index (Phi) is 2.49. The van der Waals surface area contributed by atoms with Crippen molar-refractivity contribution in [2.45, 2.75) is 19.9 Å². The van der Waals surface area contributed by atoms with E-state index in [2.05, 4.69) is 0 Å². The summed E-state index contributed by atoms with van der Waals surface area (Å²) in [7, 11) is 0. The second-order valence-electron chi connectivity index (χ2n) is 4.10. The van der Waals surface area contributed by atoms with Gasteiger partial charge in [0.05, 0.1) is 6.04 Å². The van der Waals surface area contributed by atoms with E-state index in [0.717, 1.165) is 5.39 Å². The molecule has 0 saturated carbocycles. The molecule has 80 valence electrons.